The minimum atomic E-state index is -3.40. The van der Waals surface area contributed by atoms with Crippen LogP contribution >= 0.6 is 0 Å². The first-order valence-corrected chi connectivity index (χ1v) is 13.5. The number of rotatable bonds is 7. The van der Waals surface area contributed by atoms with Crippen molar-refractivity contribution in [2.24, 2.45) is 5.92 Å². The Morgan fingerprint density at radius 1 is 1.16 bits per heavy atom. The second-order valence-electron chi connectivity index (χ2n) is 11.0. The highest BCUT2D eigenvalue weighted by Crippen LogP contribution is 2.65. The molecule has 0 N–H and O–H groups in total. The quantitative estimate of drug-likeness (QED) is 0.628. The molecule has 0 aromatic heterocycles. The van der Waals surface area contributed by atoms with Crippen molar-refractivity contribution in [3.8, 4) is 6.07 Å². The van der Waals surface area contributed by atoms with Crippen LogP contribution in [0.2, 0.25) is 0 Å². The van der Waals surface area contributed by atoms with Crippen LogP contribution in [0.4, 0.5) is 0 Å². The van der Waals surface area contributed by atoms with E-state index in [9.17, 15) is 8.42 Å². The maximum absolute atomic E-state index is 13.6. The van der Waals surface area contributed by atoms with Crippen LogP contribution in [0.1, 0.15) is 57.6 Å². The molecule has 3 atom stereocenters. The summed E-state index contributed by atoms with van der Waals surface area (Å²) in [7, 11) is -1.24. The summed E-state index contributed by atoms with van der Waals surface area (Å²) in [6, 6.07) is 10.2. The summed E-state index contributed by atoms with van der Waals surface area (Å²) in [5, 5.41) is 9.11. The summed E-state index contributed by atoms with van der Waals surface area (Å²) < 4.78 is 28.3. The van der Waals surface area contributed by atoms with E-state index in [0.717, 1.165) is 58.4 Å². The molecular formula is C25H38N4O2S. The minimum Gasteiger partial charge on any atom is -0.304 e. The smallest absolute Gasteiger partial charge is 0.219 e. The summed E-state index contributed by atoms with van der Waals surface area (Å²) in [6.45, 7) is 11.3. The maximum Gasteiger partial charge on any atom is 0.219 e. The van der Waals surface area contributed by atoms with Crippen LogP contribution in [0.15, 0.2) is 24.3 Å². The highest BCUT2D eigenvalue weighted by Gasteiger charge is 2.64. The molecule has 0 amide bonds. The number of nitrogens with zero attached hydrogens (tertiary/aromatic N) is 4. The monoisotopic (exact) mass is 458 g/mol. The van der Waals surface area contributed by atoms with Gasteiger partial charge in [-0.2, -0.15) is 9.57 Å². The lowest BCUT2D eigenvalue weighted by Gasteiger charge is -2.36. The van der Waals surface area contributed by atoms with Gasteiger partial charge in [0, 0.05) is 44.2 Å². The number of piperazine rings is 1. The Balaban J connectivity index is 1.48. The van der Waals surface area contributed by atoms with Crippen LogP contribution in [0.3, 0.4) is 0 Å². The van der Waals surface area contributed by atoms with E-state index < -0.39 is 14.8 Å². The van der Waals surface area contributed by atoms with E-state index in [-0.39, 0.29) is 11.5 Å². The van der Waals surface area contributed by atoms with E-state index >= 15 is 0 Å². The Morgan fingerprint density at radius 3 is 2.38 bits per heavy atom. The van der Waals surface area contributed by atoms with Gasteiger partial charge >= 0.3 is 0 Å². The molecule has 0 radical (unpaired) electrons. The maximum atomic E-state index is 13.6. The molecule has 1 aliphatic heterocycles. The molecule has 7 heteroatoms. The lowest BCUT2D eigenvalue weighted by atomic mass is 9.93. The third-order valence-corrected chi connectivity index (χ3v) is 10.6. The number of sulfonamides is 1. The van der Waals surface area contributed by atoms with E-state index in [0.29, 0.717) is 18.0 Å². The molecule has 1 aromatic carbocycles. The van der Waals surface area contributed by atoms with Gasteiger partial charge in [0.15, 0.2) is 0 Å². The topological polar surface area (TPSA) is 67.7 Å². The standard InChI is InChI=1S/C25H38N4O2S/c1-24(2,3)32(30,31)29(13-5-12-28-16-14-27(4)15-17-28)23-10-11-25(18-22(23)25)21-8-6-20(19-26)7-9-21/h6-9,22-23H,5,10-18H2,1-4H3/t22-,23+,25-/m0/s1. The van der Waals surface area contributed by atoms with E-state index in [1.165, 1.54) is 5.56 Å². The molecule has 0 bridgehead atoms. The van der Waals surface area contributed by atoms with Gasteiger partial charge < -0.3 is 9.80 Å². The first kappa shape index (κ1) is 23.7. The molecule has 3 fully saturated rings. The van der Waals surface area contributed by atoms with Crippen molar-refractivity contribution in [3.05, 3.63) is 35.4 Å². The third kappa shape index (κ3) is 4.35. The van der Waals surface area contributed by atoms with Gasteiger partial charge in [-0.25, -0.2) is 8.42 Å². The van der Waals surface area contributed by atoms with Gasteiger partial charge in [0.25, 0.3) is 0 Å². The predicted octanol–water partition coefficient (Wildman–Crippen LogP) is 3.05. The molecule has 2 aliphatic carbocycles. The zero-order valence-electron chi connectivity index (χ0n) is 20.0. The predicted molar refractivity (Wildman–Crippen MR) is 128 cm³/mol. The molecule has 176 valence electrons. The van der Waals surface area contributed by atoms with Crippen LogP contribution in [-0.4, -0.2) is 79.6 Å². The van der Waals surface area contributed by atoms with Crippen LogP contribution < -0.4 is 0 Å². The first-order chi connectivity index (χ1) is 15.1. The molecule has 6 nitrogen and oxygen atoms in total. The Morgan fingerprint density at radius 2 is 1.81 bits per heavy atom. The number of benzene rings is 1. The van der Waals surface area contributed by atoms with Gasteiger partial charge in [0.1, 0.15) is 0 Å². The second kappa shape index (κ2) is 8.72. The third-order valence-electron chi connectivity index (χ3n) is 7.97. The fraction of sp³-hybridized carbons (Fsp3) is 0.720. The molecule has 2 saturated carbocycles. The number of hydrogen-bond donors (Lipinski definition) is 0. The molecule has 3 aliphatic rings. The largest absolute Gasteiger partial charge is 0.304 e. The van der Waals surface area contributed by atoms with Crippen LogP contribution in [0.25, 0.3) is 0 Å². The van der Waals surface area contributed by atoms with Crippen molar-refractivity contribution in [3.63, 3.8) is 0 Å². The van der Waals surface area contributed by atoms with Crippen molar-refractivity contribution < 1.29 is 8.42 Å². The van der Waals surface area contributed by atoms with Crippen molar-refractivity contribution in [2.45, 2.75) is 62.7 Å². The van der Waals surface area contributed by atoms with E-state index in [1.807, 2.05) is 37.2 Å². The van der Waals surface area contributed by atoms with Crippen LogP contribution in [0, 0.1) is 17.2 Å². The van der Waals surface area contributed by atoms with Gasteiger partial charge in [0.2, 0.25) is 10.0 Å². The molecule has 0 spiro atoms. The lowest BCUT2D eigenvalue weighted by molar-refractivity contribution is 0.148. The van der Waals surface area contributed by atoms with E-state index in [2.05, 4.69) is 35.0 Å². The number of hydrogen-bond acceptors (Lipinski definition) is 5. The molecule has 1 saturated heterocycles. The van der Waals surface area contributed by atoms with Crippen LogP contribution in [0.5, 0.6) is 0 Å². The van der Waals surface area contributed by atoms with Crippen molar-refractivity contribution in [1.29, 1.82) is 5.26 Å². The van der Waals surface area contributed by atoms with Crippen LogP contribution in [-0.2, 0) is 15.4 Å². The summed E-state index contributed by atoms with van der Waals surface area (Å²) in [5.41, 5.74) is 2.05. The lowest BCUT2D eigenvalue weighted by Crippen LogP contribution is -2.50. The SMILES string of the molecule is CN1CCN(CCCN([C@@H]2CC[C@@]3(c4ccc(C#N)cc4)C[C@@H]23)S(=O)(=O)C(C)(C)C)CC1. The summed E-state index contributed by atoms with van der Waals surface area (Å²) >= 11 is 0. The van der Waals surface area contributed by atoms with Crippen molar-refractivity contribution in [2.75, 3.05) is 46.3 Å². The zero-order chi connectivity index (χ0) is 23.1. The first-order valence-electron chi connectivity index (χ1n) is 12.0. The highest BCUT2D eigenvalue weighted by molar-refractivity contribution is 7.90. The van der Waals surface area contributed by atoms with Gasteiger partial charge in [0.05, 0.1) is 16.4 Å². The number of fused-ring (bicyclic) bond motifs is 1. The van der Waals surface area contributed by atoms with Gasteiger partial charge in [-0.05, 0) is 83.7 Å². The summed E-state index contributed by atoms with van der Waals surface area (Å²) in [4.78, 5) is 4.82. The number of nitriles is 1. The highest BCUT2D eigenvalue weighted by atomic mass is 32.2. The Kier molecular flexibility index (Phi) is 6.45. The van der Waals surface area contributed by atoms with Crippen molar-refractivity contribution >= 4 is 10.0 Å². The molecule has 0 unspecified atom stereocenters. The van der Waals surface area contributed by atoms with E-state index in [1.54, 1.807) is 0 Å². The Bertz CT molecular complexity index is 955. The molecule has 4 rings (SSSR count). The van der Waals surface area contributed by atoms with Crippen molar-refractivity contribution in [1.82, 2.24) is 14.1 Å². The Hall–Kier alpha value is -1.46. The van der Waals surface area contributed by atoms with Gasteiger partial charge in [-0.1, -0.05) is 12.1 Å². The zero-order valence-corrected chi connectivity index (χ0v) is 20.9. The average Bonchev–Trinajstić information content (AvgIpc) is 3.38. The van der Waals surface area contributed by atoms with Gasteiger partial charge in [-0.3, -0.25) is 0 Å². The normalized spacial score (nSPS) is 29.1. The van der Waals surface area contributed by atoms with Gasteiger partial charge in [-0.15, -0.1) is 0 Å². The minimum absolute atomic E-state index is 0.0855. The molecule has 32 heavy (non-hydrogen) atoms. The average molecular weight is 459 g/mol. The Labute approximate surface area is 194 Å². The molecular weight excluding hydrogens is 420 g/mol. The number of likely N-dealkylation sites (N-methyl/N-ethyl adjacent to an activating group) is 1. The molecule has 1 heterocycles. The second-order valence-corrected chi connectivity index (χ2v) is 13.6. The summed E-state index contributed by atoms with van der Waals surface area (Å²) in [6.07, 6.45) is 3.89. The fourth-order valence-electron chi connectivity index (χ4n) is 5.77. The summed E-state index contributed by atoms with van der Waals surface area (Å²) in [5.74, 6) is 0.385. The van der Waals surface area contributed by atoms with E-state index in [4.69, 9.17) is 5.26 Å². The molecule has 1 aromatic rings. The fourth-order valence-corrected chi connectivity index (χ4v) is 7.45.